The van der Waals surface area contributed by atoms with Crippen molar-refractivity contribution in [3.63, 3.8) is 0 Å². The highest BCUT2D eigenvalue weighted by Gasteiger charge is 2.56. The Labute approximate surface area is 250 Å². The number of rotatable bonds is 9. The van der Waals surface area contributed by atoms with Crippen molar-refractivity contribution in [1.29, 1.82) is 0 Å². The number of phenolic OH excluding ortho intramolecular Hbond substituents is 1. The molecule has 7 heteroatoms. The van der Waals surface area contributed by atoms with Gasteiger partial charge >= 0.3 is 0 Å². The lowest BCUT2D eigenvalue weighted by atomic mass is 9.67. The molecule has 2 aliphatic carbocycles. The third kappa shape index (κ3) is 6.08. The summed E-state index contributed by atoms with van der Waals surface area (Å²) in [5.41, 5.74) is 4.35. The summed E-state index contributed by atoms with van der Waals surface area (Å²) in [7, 11) is 0. The molecule has 1 aliphatic heterocycles. The van der Waals surface area contributed by atoms with Crippen molar-refractivity contribution in [2.24, 2.45) is 17.8 Å². The minimum Gasteiger partial charge on any atom is -0.507 e. The van der Waals surface area contributed by atoms with E-state index in [2.05, 4.69) is 15.9 Å². The molecule has 1 heterocycles. The van der Waals surface area contributed by atoms with Crippen molar-refractivity contribution in [2.45, 2.75) is 76.9 Å². The van der Waals surface area contributed by atoms with Gasteiger partial charge in [0.2, 0.25) is 11.8 Å². The number of carbonyl (C=O) groups is 2. The van der Waals surface area contributed by atoms with Crippen molar-refractivity contribution in [1.82, 2.24) is 4.90 Å². The number of allylic oxidation sites excluding steroid dienone is 2. The molecule has 2 amide bonds. The number of halogens is 1. The molecule has 1 saturated heterocycles. The molecule has 2 fully saturated rings. The van der Waals surface area contributed by atoms with Gasteiger partial charge in [0.15, 0.2) is 0 Å². The lowest BCUT2D eigenvalue weighted by Crippen LogP contribution is -2.42. The van der Waals surface area contributed by atoms with Crippen molar-refractivity contribution < 1.29 is 24.9 Å². The van der Waals surface area contributed by atoms with Crippen LogP contribution in [0.2, 0.25) is 0 Å². The first kappa shape index (κ1) is 29.7. The van der Waals surface area contributed by atoms with Gasteiger partial charge in [-0.1, -0.05) is 78.0 Å². The predicted molar refractivity (Wildman–Crippen MR) is 164 cm³/mol. The number of hydrogen-bond acceptors (Lipinski definition) is 5. The van der Waals surface area contributed by atoms with E-state index in [0.29, 0.717) is 31.2 Å². The van der Waals surface area contributed by atoms with E-state index in [9.17, 15) is 24.9 Å². The van der Waals surface area contributed by atoms with Gasteiger partial charge in [-0.2, -0.15) is 0 Å². The summed E-state index contributed by atoms with van der Waals surface area (Å²) >= 11 is 3.48. The number of phenols is 1. The van der Waals surface area contributed by atoms with Crippen LogP contribution in [-0.4, -0.2) is 50.8 Å². The minimum absolute atomic E-state index is 0.0415. The monoisotopic (exact) mass is 621 g/mol. The van der Waals surface area contributed by atoms with Gasteiger partial charge in [0.05, 0.1) is 24.5 Å². The Balaban J connectivity index is 1.41. The number of fused-ring (bicyclic) bond motifs is 1. The van der Waals surface area contributed by atoms with Crippen molar-refractivity contribution >= 4 is 39.4 Å². The van der Waals surface area contributed by atoms with Crippen LogP contribution in [0.25, 0.3) is 11.6 Å². The Morgan fingerprint density at radius 3 is 2.49 bits per heavy atom. The maximum Gasteiger partial charge on any atom is 0.234 e. The fraction of sp³-hybridized carbons (Fsp3) is 0.471. The number of benzene rings is 2. The Bertz CT molecular complexity index is 1330. The SMILES string of the molecule is CCC1=C([C@H](O)CC/C(=C/c2cc(Br)ccc2O)c2ccccc2)[C@H](CO)[C@@H]2C(=O)N(C3CCCCC3)C(=O)[C@@H]2C1. The summed E-state index contributed by atoms with van der Waals surface area (Å²) in [6.07, 6.45) is 8.00. The molecule has 0 bridgehead atoms. The van der Waals surface area contributed by atoms with Crippen LogP contribution in [0.15, 0.2) is 64.1 Å². The summed E-state index contributed by atoms with van der Waals surface area (Å²) < 4.78 is 0.854. The number of aliphatic hydroxyl groups excluding tert-OH is 2. The molecule has 0 aromatic heterocycles. The van der Waals surface area contributed by atoms with E-state index in [1.165, 1.54) is 4.90 Å². The van der Waals surface area contributed by atoms with Crippen LogP contribution in [0, 0.1) is 17.8 Å². The molecule has 3 aliphatic rings. The molecule has 0 spiro atoms. The van der Waals surface area contributed by atoms with E-state index in [1.807, 2.05) is 49.4 Å². The standard InChI is InChI=1S/C34H40BrNO5/c1-2-21-19-27-32(34(41)36(33(27)40)26-11-7-4-8-12-26)28(20-37)31(21)30(39)15-13-23(22-9-5-3-6-10-22)17-24-18-25(35)14-16-29(24)38/h3,5-6,9-10,14,16-18,26-28,30,32,37-39H,2,4,7-8,11-13,15,19-20H2,1H3/b23-17-/t27-,28+,30-,32-/m1/s1. The molecule has 1 saturated carbocycles. The van der Waals surface area contributed by atoms with Gasteiger partial charge in [-0.25, -0.2) is 0 Å². The Hall–Kier alpha value is -2.74. The van der Waals surface area contributed by atoms with E-state index in [0.717, 1.165) is 58.9 Å². The van der Waals surface area contributed by atoms with E-state index < -0.39 is 23.9 Å². The smallest absolute Gasteiger partial charge is 0.234 e. The zero-order chi connectivity index (χ0) is 29.1. The van der Waals surface area contributed by atoms with E-state index in [-0.39, 0.29) is 30.2 Å². The second-order valence-corrected chi connectivity index (χ2v) is 12.6. The second-order valence-electron chi connectivity index (χ2n) is 11.7. The van der Waals surface area contributed by atoms with Gasteiger partial charge in [-0.05, 0) is 79.5 Å². The largest absolute Gasteiger partial charge is 0.507 e. The molecular formula is C34H40BrNO5. The van der Waals surface area contributed by atoms with Gasteiger partial charge in [0.25, 0.3) is 0 Å². The molecule has 0 radical (unpaired) electrons. The molecule has 4 atom stereocenters. The Kier molecular flexibility index (Phi) is 9.47. The summed E-state index contributed by atoms with van der Waals surface area (Å²) in [4.78, 5) is 28.8. The van der Waals surface area contributed by atoms with Crippen LogP contribution < -0.4 is 0 Å². The molecule has 2 aromatic carbocycles. The van der Waals surface area contributed by atoms with E-state index in [4.69, 9.17) is 0 Å². The highest BCUT2D eigenvalue weighted by atomic mass is 79.9. The molecule has 6 nitrogen and oxygen atoms in total. The van der Waals surface area contributed by atoms with E-state index >= 15 is 0 Å². The molecule has 218 valence electrons. The van der Waals surface area contributed by atoms with Crippen molar-refractivity contribution in [2.75, 3.05) is 6.61 Å². The number of carbonyl (C=O) groups excluding carboxylic acids is 2. The topological polar surface area (TPSA) is 98.1 Å². The average molecular weight is 623 g/mol. The van der Waals surface area contributed by atoms with E-state index in [1.54, 1.807) is 12.1 Å². The van der Waals surface area contributed by atoms with Gasteiger partial charge in [0, 0.05) is 22.0 Å². The molecule has 5 rings (SSSR count). The number of aliphatic hydroxyl groups is 2. The maximum atomic E-state index is 13.7. The molecular weight excluding hydrogens is 582 g/mol. The number of hydrogen-bond donors (Lipinski definition) is 3. The Morgan fingerprint density at radius 1 is 1.07 bits per heavy atom. The van der Waals surface area contributed by atoms with Gasteiger partial charge in [0.1, 0.15) is 5.75 Å². The van der Waals surface area contributed by atoms with Crippen molar-refractivity contribution in [3.8, 4) is 5.75 Å². The third-order valence-corrected chi connectivity index (χ3v) is 9.78. The predicted octanol–water partition coefficient (Wildman–Crippen LogP) is 6.49. The first-order valence-electron chi connectivity index (χ1n) is 15.0. The van der Waals surface area contributed by atoms with Crippen LogP contribution in [0.4, 0.5) is 0 Å². The zero-order valence-corrected chi connectivity index (χ0v) is 25.2. The normalized spacial score (nSPS) is 24.6. The molecule has 3 N–H and O–H groups in total. The first-order chi connectivity index (χ1) is 19.8. The number of imide groups is 1. The molecule has 0 unspecified atom stereocenters. The van der Waals surface area contributed by atoms with Crippen LogP contribution in [0.1, 0.15) is 75.8 Å². The average Bonchev–Trinajstić information content (AvgIpc) is 3.25. The van der Waals surface area contributed by atoms with Gasteiger partial charge < -0.3 is 15.3 Å². The van der Waals surface area contributed by atoms with Crippen LogP contribution in [-0.2, 0) is 9.59 Å². The number of amides is 2. The minimum atomic E-state index is -0.863. The quantitative estimate of drug-likeness (QED) is 0.169. The van der Waals surface area contributed by atoms with Crippen LogP contribution in [0.5, 0.6) is 5.75 Å². The number of aromatic hydroxyl groups is 1. The lowest BCUT2D eigenvalue weighted by molar-refractivity contribution is -0.143. The van der Waals surface area contributed by atoms with Crippen molar-refractivity contribution in [3.05, 3.63) is 75.3 Å². The van der Waals surface area contributed by atoms with Crippen LogP contribution >= 0.6 is 15.9 Å². The lowest BCUT2D eigenvalue weighted by Gasteiger charge is -2.36. The molecule has 2 aromatic rings. The highest BCUT2D eigenvalue weighted by molar-refractivity contribution is 9.10. The van der Waals surface area contributed by atoms with Gasteiger partial charge in [-0.15, -0.1) is 0 Å². The van der Waals surface area contributed by atoms with Crippen LogP contribution in [0.3, 0.4) is 0 Å². The summed E-state index contributed by atoms with van der Waals surface area (Å²) in [5, 5.41) is 32.7. The summed E-state index contributed by atoms with van der Waals surface area (Å²) in [6.45, 7) is 1.74. The fourth-order valence-corrected chi connectivity index (χ4v) is 7.63. The number of likely N-dealkylation sites (tertiary alicyclic amines) is 1. The Morgan fingerprint density at radius 2 is 1.80 bits per heavy atom. The second kappa shape index (κ2) is 13.1. The summed E-state index contributed by atoms with van der Waals surface area (Å²) in [5.74, 6) is -1.72. The first-order valence-corrected chi connectivity index (χ1v) is 15.8. The fourth-order valence-electron chi connectivity index (χ4n) is 7.25. The third-order valence-electron chi connectivity index (χ3n) is 9.29. The molecule has 41 heavy (non-hydrogen) atoms. The van der Waals surface area contributed by atoms with Gasteiger partial charge in [-0.3, -0.25) is 14.5 Å². The maximum absolute atomic E-state index is 13.7. The number of nitrogens with zero attached hydrogens (tertiary/aromatic N) is 1. The zero-order valence-electron chi connectivity index (χ0n) is 23.6. The highest BCUT2D eigenvalue weighted by Crippen LogP contribution is 2.48. The summed E-state index contributed by atoms with van der Waals surface area (Å²) in [6, 6.07) is 15.1.